The highest BCUT2D eigenvalue weighted by Gasteiger charge is 2.29. The van der Waals surface area contributed by atoms with Crippen LogP contribution in [0, 0.1) is 0 Å². The van der Waals surface area contributed by atoms with Crippen LogP contribution in [0.5, 0.6) is 0 Å². The maximum absolute atomic E-state index is 3.61. The summed E-state index contributed by atoms with van der Waals surface area (Å²) in [7, 11) is 0. The first-order chi connectivity index (χ1) is 10.3. The van der Waals surface area contributed by atoms with Gasteiger partial charge in [-0.15, -0.1) is 0 Å². The molecule has 2 fully saturated rings. The molecule has 0 saturated carbocycles. The highest BCUT2D eigenvalue weighted by molar-refractivity contribution is 5.62. The molecule has 3 aliphatic heterocycles. The molecule has 114 valence electrons. The van der Waals surface area contributed by atoms with E-state index < -0.39 is 0 Å². The van der Waals surface area contributed by atoms with Crippen molar-refractivity contribution in [1.82, 2.24) is 4.90 Å². The van der Waals surface area contributed by atoms with Crippen LogP contribution in [0.3, 0.4) is 0 Å². The second kappa shape index (κ2) is 5.53. The van der Waals surface area contributed by atoms with E-state index in [0.717, 1.165) is 6.04 Å². The van der Waals surface area contributed by atoms with Gasteiger partial charge in [0.15, 0.2) is 0 Å². The molecule has 2 atom stereocenters. The third-order valence-corrected chi connectivity index (χ3v) is 5.54. The summed E-state index contributed by atoms with van der Waals surface area (Å²) in [6.07, 6.45) is 6.69. The van der Waals surface area contributed by atoms with Crippen LogP contribution in [0.1, 0.15) is 38.2 Å². The monoisotopic (exact) mass is 285 g/mol. The third kappa shape index (κ3) is 2.64. The van der Waals surface area contributed by atoms with Crippen LogP contribution in [0.25, 0.3) is 0 Å². The average molecular weight is 285 g/mol. The van der Waals surface area contributed by atoms with Crippen LogP contribution in [-0.2, 0) is 6.42 Å². The van der Waals surface area contributed by atoms with E-state index in [4.69, 9.17) is 0 Å². The molecule has 3 heterocycles. The summed E-state index contributed by atoms with van der Waals surface area (Å²) in [6, 6.07) is 8.47. The van der Waals surface area contributed by atoms with Gasteiger partial charge in [0.05, 0.1) is 0 Å². The first-order valence-corrected chi connectivity index (χ1v) is 8.68. The molecule has 1 aromatic carbocycles. The lowest BCUT2D eigenvalue weighted by molar-refractivity contribution is 0.133. The molecule has 4 rings (SSSR count). The summed E-state index contributed by atoms with van der Waals surface area (Å²) in [4.78, 5) is 5.33. The summed E-state index contributed by atoms with van der Waals surface area (Å²) in [5, 5.41) is 3.61. The molecule has 3 aliphatic rings. The van der Waals surface area contributed by atoms with Crippen molar-refractivity contribution >= 4 is 11.4 Å². The predicted octanol–water partition coefficient (Wildman–Crippen LogP) is 3.11. The van der Waals surface area contributed by atoms with E-state index >= 15 is 0 Å². The first kappa shape index (κ1) is 13.4. The van der Waals surface area contributed by atoms with E-state index in [1.807, 2.05) is 0 Å². The van der Waals surface area contributed by atoms with Gasteiger partial charge in [-0.3, -0.25) is 4.90 Å². The number of hydrogen-bond acceptors (Lipinski definition) is 3. The molecule has 1 N–H and O–H groups in total. The number of rotatable bonds is 1. The van der Waals surface area contributed by atoms with Crippen molar-refractivity contribution in [2.45, 2.75) is 51.1 Å². The number of piperazine rings is 1. The lowest BCUT2D eigenvalue weighted by Crippen LogP contribution is -2.54. The van der Waals surface area contributed by atoms with Crippen molar-refractivity contribution < 1.29 is 0 Å². The Morgan fingerprint density at radius 1 is 1.10 bits per heavy atom. The van der Waals surface area contributed by atoms with Crippen LogP contribution in [0.4, 0.5) is 11.4 Å². The smallest absolute Gasteiger partial charge is 0.0376 e. The van der Waals surface area contributed by atoms with Crippen molar-refractivity contribution in [2.75, 3.05) is 36.4 Å². The molecule has 2 unspecified atom stereocenters. The fourth-order valence-electron chi connectivity index (χ4n) is 4.22. The molecule has 1 aromatic rings. The van der Waals surface area contributed by atoms with Gasteiger partial charge in [0.1, 0.15) is 0 Å². The number of fused-ring (bicyclic) bond motifs is 2. The lowest BCUT2D eigenvalue weighted by Gasteiger charge is -2.45. The van der Waals surface area contributed by atoms with E-state index in [1.165, 1.54) is 75.2 Å². The molecule has 3 heteroatoms. The Morgan fingerprint density at radius 2 is 2.05 bits per heavy atom. The number of hydrogen-bond donors (Lipinski definition) is 1. The Morgan fingerprint density at radius 3 is 3.00 bits per heavy atom. The summed E-state index contributed by atoms with van der Waals surface area (Å²) in [6.45, 7) is 7.27. The fraction of sp³-hybridized carbons (Fsp3) is 0.667. The Hall–Kier alpha value is -1.22. The van der Waals surface area contributed by atoms with Gasteiger partial charge in [0, 0.05) is 43.1 Å². The molecule has 0 bridgehead atoms. The normalized spacial score (nSPS) is 29.5. The zero-order chi connectivity index (χ0) is 14.2. The first-order valence-electron chi connectivity index (χ1n) is 8.68. The SMILES string of the molecule is CC1CCc2cc(N3CCN4CCCCC4C3)ccc2N1. The quantitative estimate of drug-likeness (QED) is 0.855. The molecule has 0 amide bonds. The second-order valence-electron chi connectivity index (χ2n) is 7.06. The third-order valence-electron chi connectivity index (χ3n) is 5.54. The summed E-state index contributed by atoms with van der Waals surface area (Å²) in [5.74, 6) is 0. The molecular weight excluding hydrogens is 258 g/mol. The zero-order valence-corrected chi connectivity index (χ0v) is 13.1. The predicted molar refractivity (Wildman–Crippen MR) is 89.3 cm³/mol. The largest absolute Gasteiger partial charge is 0.382 e. The topological polar surface area (TPSA) is 18.5 Å². The van der Waals surface area contributed by atoms with Gasteiger partial charge in [-0.1, -0.05) is 6.42 Å². The van der Waals surface area contributed by atoms with Crippen LogP contribution >= 0.6 is 0 Å². The van der Waals surface area contributed by atoms with E-state index in [2.05, 4.69) is 40.2 Å². The van der Waals surface area contributed by atoms with Gasteiger partial charge in [-0.25, -0.2) is 0 Å². The standard InChI is InChI=1S/C18H27N3/c1-14-5-6-15-12-16(7-8-18(15)19-14)21-11-10-20-9-3-2-4-17(20)13-21/h7-8,12,14,17,19H,2-6,9-11,13H2,1H3. The second-order valence-corrected chi connectivity index (χ2v) is 7.06. The fourth-order valence-corrected chi connectivity index (χ4v) is 4.22. The number of aryl methyl sites for hydroxylation is 1. The van der Waals surface area contributed by atoms with Crippen LogP contribution in [0.2, 0.25) is 0 Å². The summed E-state index contributed by atoms with van der Waals surface area (Å²) in [5.41, 5.74) is 4.31. The highest BCUT2D eigenvalue weighted by Crippen LogP contribution is 2.31. The molecule has 21 heavy (non-hydrogen) atoms. The average Bonchev–Trinajstić information content (AvgIpc) is 2.54. The summed E-state index contributed by atoms with van der Waals surface area (Å²) >= 11 is 0. The van der Waals surface area contributed by atoms with Gasteiger partial charge in [-0.05, 0) is 62.9 Å². The minimum Gasteiger partial charge on any atom is -0.382 e. The Balaban J connectivity index is 1.51. The lowest BCUT2D eigenvalue weighted by atomic mass is 9.96. The molecular formula is C18H27N3. The van der Waals surface area contributed by atoms with Crippen molar-refractivity contribution in [3.8, 4) is 0 Å². The Labute approximate surface area is 128 Å². The Bertz CT molecular complexity index is 513. The van der Waals surface area contributed by atoms with E-state index in [0.29, 0.717) is 6.04 Å². The zero-order valence-electron chi connectivity index (χ0n) is 13.1. The number of benzene rings is 1. The molecule has 0 spiro atoms. The van der Waals surface area contributed by atoms with Crippen molar-refractivity contribution in [3.05, 3.63) is 23.8 Å². The molecule has 0 aromatic heterocycles. The molecule has 3 nitrogen and oxygen atoms in total. The maximum atomic E-state index is 3.61. The minimum absolute atomic E-state index is 0.620. The van der Waals surface area contributed by atoms with Gasteiger partial charge >= 0.3 is 0 Å². The number of piperidine rings is 1. The molecule has 0 aliphatic carbocycles. The van der Waals surface area contributed by atoms with Crippen LogP contribution < -0.4 is 10.2 Å². The van der Waals surface area contributed by atoms with E-state index in [-0.39, 0.29) is 0 Å². The van der Waals surface area contributed by atoms with Gasteiger partial charge in [-0.2, -0.15) is 0 Å². The number of nitrogens with zero attached hydrogens (tertiary/aromatic N) is 2. The van der Waals surface area contributed by atoms with Crippen molar-refractivity contribution in [2.24, 2.45) is 0 Å². The van der Waals surface area contributed by atoms with E-state index in [1.54, 1.807) is 0 Å². The van der Waals surface area contributed by atoms with Crippen LogP contribution in [-0.4, -0.2) is 43.2 Å². The van der Waals surface area contributed by atoms with Gasteiger partial charge in [0.25, 0.3) is 0 Å². The van der Waals surface area contributed by atoms with Crippen molar-refractivity contribution in [1.29, 1.82) is 0 Å². The molecule has 2 saturated heterocycles. The van der Waals surface area contributed by atoms with Crippen LogP contribution in [0.15, 0.2) is 18.2 Å². The molecule has 0 radical (unpaired) electrons. The number of nitrogens with one attached hydrogen (secondary N) is 1. The maximum Gasteiger partial charge on any atom is 0.0376 e. The Kier molecular flexibility index (Phi) is 3.54. The highest BCUT2D eigenvalue weighted by atomic mass is 15.3. The van der Waals surface area contributed by atoms with E-state index in [9.17, 15) is 0 Å². The van der Waals surface area contributed by atoms with Gasteiger partial charge in [0.2, 0.25) is 0 Å². The van der Waals surface area contributed by atoms with Crippen molar-refractivity contribution in [3.63, 3.8) is 0 Å². The minimum atomic E-state index is 0.620. The number of anilines is 2. The van der Waals surface area contributed by atoms with Gasteiger partial charge < -0.3 is 10.2 Å². The summed E-state index contributed by atoms with van der Waals surface area (Å²) < 4.78 is 0.